The van der Waals surface area contributed by atoms with E-state index in [1.807, 2.05) is 0 Å². The molecular weight excluding hydrogens is 230 g/mol. The zero-order chi connectivity index (χ0) is 13.8. The molecular formula is C10H19NO6. The summed E-state index contributed by atoms with van der Waals surface area (Å²) < 4.78 is 12.9. The lowest BCUT2D eigenvalue weighted by atomic mass is 10.5. The molecule has 0 rings (SSSR count). The van der Waals surface area contributed by atoms with Crippen LogP contribution in [-0.4, -0.2) is 50.9 Å². The molecule has 0 aromatic heterocycles. The van der Waals surface area contributed by atoms with Gasteiger partial charge < -0.3 is 14.2 Å². The van der Waals surface area contributed by atoms with Crippen molar-refractivity contribution in [3.05, 3.63) is 0 Å². The molecule has 0 unspecified atom stereocenters. The van der Waals surface area contributed by atoms with E-state index in [0.717, 1.165) is 4.90 Å². The molecule has 0 radical (unpaired) electrons. The summed E-state index contributed by atoms with van der Waals surface area (Å²) in [6.45, 7) is 3.64. The molecule has 0 aromatic rings. The maximum Gasteiger partial charge on any atom is 0.419 e. The normalized spacial score (nSPS) is 8.29. The van der Waals surface area contributed by atoms with Crippen LogP contribution in [0.1, 0.15) is 20.3 Å². The molecule has 2 amide bonds. The van der Waals surface area contributed by atoms with Gasteiger partial charge in [-0.3, -0.25) is 4.79 Å². The summed E-state index contributed by atoms with van der Waals surface area (Å²) in [5.41, 5.74) is 0. The summed E-state index contributed by atoms with van der Waals surface area (Å²) in [6.07, 6.45) is -0.949. The molecule has 0 spiro atoms. The lowest BCUT2D eigenvalue weighted by Crippen LogP contribution is -2.36. The molecule has 0 heterocycles. The van der Waals surface area contributed by atoms with Crippen molar-refractivity contribution in [2.45, 2.75) is 20.3 Å². The van der Waals surface area contributed by atoms with Gasteiger partial charge in [-0.15, -0.1) is 0 Å². The Morgan fingerprint density at radius 3 is 1.41 bits per heavy atom. The minimum atomic E-state index is -0.709. The van der Waals surface area contributed by atoms with Crippen LogP contribution in [-0.2, 0) is 19.0 Å². The van der Waals surface area contributed by atoms with Crippen LogP contribution in [0.2, 0.25) is 0 Å². The predicted octanol–water partition coefficient (Wildman–Crippen LogP) is 1.41. The fourth-order valence-electron chi connectivity index (χ4n) is 0.697. The monoisotopic (exact) mass is 249 g/mol. The Balaban J connectivity index is 0. The minimum Gasteiger partial charge on any atom is -0.469 e. The summed E-state index contributed by atoms with van der Waals surface area (Å²) in [7, 11) is 3.79. The van der Waals surface area contributed by atoms with E-state index in [2.05, 4.69) is 14.2 Å². The van der Waals surface area contributed by atoms with Gasteiger partial charge >= 0.3 is 18.2 Å². The zero-order valence-electron chi connectivity index (χ0n) is 10.8. The summed E-state index contributed by atoms with van der Waals surface area (Å²) in [5.74, 6) is -0.157. The Hall–Kier alpha value is -1.79. The van der Waals surface area contributed by atoms with E-state index in [1.165, 1.54) is 21.3 Å². The largest absolute Gasteiger partial charge is 0.469 e. The number of nitrogens with zero attached hydrogens (tertiary/aromatic N) is 1. The molecule has 0 aliphatic rings. The third-order valence-electron chi connectivity index (χ3n) is 1.62. The van der Waals surface area contributed by atoms with E-state index in [4.69, 9.17) is 0 Å². The highest BCUT2D eigenvalue weighted by molar-refractivity contribution is 5.87. The smallest absolute Gasteiger partial charge is 0.419 e. The second-order valence-corrected chi connectivity index (χ2v) is 2.61. The number of carbonyl (C=O) groups excluding carboxylic acids is 3. The van der Waals surface area contributed by atoms with Gasteiger partial charge in [-0.25, -0.2) is 14.5 Å². The highest BCUT2D eigenvalue weighted by atomic mass is 16.6. The van der Waals surface area contributed by atoms with Crippen LogP contribution < -0.4 is 0 Å². The number of hydrogen-bond acceptors (Lipinski definition) is 6. The predicted molar refractivity (Wildman–Crippen MR) is 59.5 cm³/mol. The molecule has 0 aromatic carbocycles. The van der Waals surface area contributed by atoms with Crippen LogP contribution in [0.15, 0.2) is 0 Å². The second-order valence-electron chi connectivity index (χ2n) is 2.61. The first-order valence-corrected chi connectivity index (χ1v) is 4.98. The number of carbonyl (C=O) groups is 3. The van der Waals surface area contributed by atoms with E-state index in [0.29, 0.717) is 6.42 Å². The summed E-state index contributed by atoms with van der Waals surface area (Å²) in [5, 5.41) is 0. The Morgan fingerprint density at radius 1 is 0.882 bits per heavy atom. The molecule has 0 bridgehead atoms. The summed E-state index contributed by atoms with van der Waals surface area (Å²) in [6, 6.07) is 0. The summed E-state index contributed by atoms with van der Waals surface area (Å²) >= 11 is 0. The Kier molecular flexibility index (Phi) is 11.1. The third kappa shape index (κ3) is 8.06. The SMILES string of the molecule is CCC(=O)OC.CCN(C(=O)OC)C(=O)OC. The average Bonchev–Trinajstić information content (AvgIpc) is 2.38. The fraction of sp³-hybridized carbons (Fsp3) is 0.700. The van der Waals surface area contributed by atoms with Gasteiger partial charge in [0.1, 0.15) is 0 Å². The van der Waals surface area contributed by atoms with E-state index in [-0.39, 0.29) is 12.5 Å². The molecule has 0 atom stereocenters. The molecule has 7 heteroatoms. The molecule has 100 valence electrons. The molecule has 17 heavy (non-hydrogen) atoms. The van der Waals surface area contributed by atoms with Crippen molar-refractivity contribution in [1.29, 1.82) is 0 Å². The number of methoxy groups -OCH3 is 3. The van der Waals surface area contributed by atoms with Crippen LogP contribution in [0.25, 0.3) is 0 Å². The first kappa shape index (κ1) is 17.6. The maximum absolute atomic E-state index is 10.7. The lowest BCUT2D eigenvalue weighted by molar-refractivity contribution is -0.140. The Morgan fingerprint density at radius 2 is 1.29 bits per heavy atom. The van der Waals surface area contributed by atoms with Gasteiger partial charge in [-0.1, -0.05) is 6.92 Å². The van der Waals surface area contributed by atoms with Crippen molar-refractivity contribution < 1.29 is 28.6 Å². The first-order valence-electron chi connectivity index (χ1n) is 4.98. The molecule has 0 N–H and O–H groups in total. The number of imide groups is 1. The highest BCUT2D eigenvalue weighted by Gasteiger charge is 2.19. The number of rotatable bonds is 2. The van der Waals surface area contributed by atoms with Gasteiger partial charge in [0.05, 0.1) is 21.3 Å². The van der Waals surface area contributed by atoms with E-state index >= 15 is 0 Å². The van der Waals surface area contributed by atoms with E-state index in [1.54, 1.807) is 13.8 Å². The number of hydrogen-bond donors (Lipinski definition) is 0. The standard InChI is InChI=1S/C6H11NO4.C4H8O2/c1-4-7(5(8)10-2)6(9)11-3;1-3-4(5)6-2/h4H2,1-3H3;3H2,1-2H3. The van der Waals surface area contributed by atoms with Gasteiger partial charge in [0.2, 0.25) is 0 Å². The van der Waals surface area contributed by atoms with Crippen LogP contribution >= 0.6 is 0 Å². The van der Waals surface area contributed by atoms with Gasteiger partial charge in [0.25, 0.3) is 0 Å². The van der Waals surface area contributed by atoms with Crippen molar-refractivity contribution in [2.75, 3.05) is 27.9 Å². The van der Waals surface area contributed by atoms with Crippen molar-refractivity contribution in [3.63, 3.8) is 0 Å². The summed E-state index contributed by atoms with van der Waals surface area (Å²) in [4.78, 5) is 32.3. The molecule has 0 aliphatic heterocycles. The Bertz CT molecular complexity index is 231. The fourth-order valence-corrected chi connectivity index (χ4v) is 0.697. The Labute approximate surface area is 101 Å². The van der Waals surface area contributed by atoms with Crippen LogP contribution in [0.5, 0.6) is 0 Å². The average molecular weight is 249 g/mol. The van der Waals surface area contributed by atoms with Gasteiger partial charge in [0, 0.05) is 13.0 Å². The molecule has 0 saturated heterocycles. The quantitative estimate of drug-likeness (QED) is 0.543. The van der Waals surface area contributed by atoms with Crippen LogP contribution in [0.4, 0.5) is 9.59 Å². The van der Waals surface area contributed by atoms with E-state index in [9.17, 15) is 14.4 Å². The molecule has 7 nitrogen and oxygen atoms in total. The van der Waals surface area contributed by atoms with Gasteiger partial charge in [-0.2, -0.15) is 0 Å². The van der Waals surface area contributed by atoms with Crippen LogP contribution in [0, 0.1) is 0 Å². The maximum atomic E-state index is 10.7. The van der Waals surface area contributed by atoms with Crippen molar-refractivity contribution in [2.24, 2.45) is 0 Å². The third-order valence-corrected chi connectivity index (χ3v) is 1.62. The molecule has 0 aliphatic carbocycles. The molecule has 0 fully saturated rings. The van der Waals surface area contributed by atoms with Crippen molar-refractivity contribution in [3.8, 4) is 0 Å². The number of amides is 2. The molecule has 0 saturated carbocycles. The van der Waals surface area contributed by atoms with E-state index < -0.39 is 12.2 Å². The first-order chi connectivity index (χ1) is 7.98. The lowest BCUT2D eigenvalue weighted by Gasteiger charge is -2.14. The number of esters is 1. The zero-order valence-corrected chi connectivity index (χ0v) is 10.8. The van der Waals surface area contributed by atoms with Gasteiger partial charge in [-0.05, 0) is 6.92 Å². The topological polar surface area (TPSA) is 82.1 Å². The number of ether oxygens (including phenoxy) is 3. The highest BCUT2D eigenvalue weighted by Crippen LogP contribution is 1.95. The van der Waals surface area contributed by atoms with Crippen molar-refractivity contribution in [1.82, 2.24) is 4.90 Å². The second kappa shape index (κ2) is 10.7. The minimum absolute atomic E-state index is 0.157. The van der Waals surface area contributed by atoms with Crippen LogP contribution in [0.3, 0.4) is 0 Å². The van der Waals surface area contributed by atoms with Crippen molar-refractivity contribution >= 4 is 18.2 Å². The van der Waals surface area contributed by atoms with Gasteiger partial charge in [0.15, 0.2) is 0 Å².